The van der Waals surface area contributed by atoms with E-state index in [2.05, 4.69) is 54.4 Å². The monoisotopic (exact) mass is 490 g/mol. The highest BCUT2D eigenvalue weighted by molar-refractivity contribution is 9.40. The van der Waals surface area contributed by atoms with Crippen molar-refractivity contribution in [1.82, 2.24) is 0 Å². The van der Waals surface area contributed by atoms with Gasteiger partial charge in [0.2, 0.25) is 0 Å². The molecule has 0 saturated heterocycles. The van der Waals surface area contributed by atoms with Crippen LogP contribution < -0.4 is 0 Å². The molecule has 0 amide bonds. The van der Waals surface area contributed by atoms with E-state index in [4.69, 9.17) is 4.74 Å². The van der Waals surface area contributed by atoms with Crippen molar-refractivity contribution >= 4 is 63.3 Å². The molecule has 0 atom stereocenters. The molecule has 0 aromatic carbocycles. The van der Waals surface area contributed by atoms with Crippen LogP contribution >= 0.6 is 47.8 Å². The van der Waals surface area contributed by atoms with Gasteiger partial charge < -0.3 is 4.74 Å². The third-order valence-corrected chi connectivity index (χ3v) is 8.00. The second kappa shape index (κ2) is 13.5. The van der Waals surface area contributed by atoms with Gasteiger partial charge in [0, 0.05) is 6.08 Å². The minimum atomic E-state index is -0.312. The van der Waals surface area contributed by atoms with Crippen molar-refractivity contribution in [3.63, 3.8) is 0 Å². The van der Waals surface area contributed by atoms with Crippen LogP contribution in [0, 0.1) is 0 Å². The fraction of sp³-hybridized carbons (Fsp3) is 0.786. The van der Waals surface area contributed by atoms with Crippen LogP contribution in [0.2, 0.25) is 6.04 Å². The molecule has 0 radical (unpaired) electrons. The van der Waals surface area contributed by atoms with E-state index in [0.29, 0.717) is 6.61 Å². The van der Waals surface area contributed by atoms with Gasteiger partial charge in [-0.2, -0.15) is 0 Å². The van der Waals surface area contributed by atoms with Gasteiger partial charge in [-0.25, -0.2) is 4.79 Å². The average Bonchev–Trinajstić information content (AvgIpc) is 2.38. The van der Waals surface area contributed by atoms with Crippen LogP contribution in [0.4, 0.5) is 0 Å². The standard InChI is InChI=1S/C14H25Br3O2Si/c1-2-13(18)19-11-9-7-5-3-4-6-8-10-12-20-14(15,16)17/h2H,1,3-12,20H2. The van der Waals surface area contributed by atoms with Crippen LogP contribution in [0.1, 0.15) is 51.4 Å². The zero-order chi connectivity index (χ0) is 15.3. The minimum Gasteiger partial charge on any atom is -0.463 e. The topological polar surface area (TPSA) is 26.3 Å². The number of halogens is 3. The van der Waals surface area contributed by atoms with Crippen LogP contribution in [0.25, 0.3) is 0 Å². The summed E-state index contributed by atoms with van der Waals surface area (Å²) < 4.78 is 5.00. The molecule has 0 aromatic heterocycles. The van der Waals surface area contributed by atoms with Gasteiger partial charge in [-0.15, -0.1) is 0 Å². The number of carbonyl (C=O) groups excluding carboxylic acids is 1. The predicted molar refractivity (Wildman–Crippen MR) is 101 cm³/mol. The summed E-state index contributed by atoms with van der Waals surface area (Å²) in [6.45, 7) is 3.89. The quantitative estimate of drug-likeness (QED) is 0.123. The molecule has 0 spiro atoms. The Morgan fingerprint density at radius 3 is 2.00 bits per heavy atom. The number of alkyl halides is 3. The Balaban J connectivity index is 3.10. The zero-order valence-corrected chi connectivity index (χ0v) is 18.2. The lowest BCUT2D eigenvalue weighted by molar-refractivity contribution is -0.137. The minimum absolute atomic E-state index is 0.0715. The summed E-state index contributed by atoms with van der Waals surface area (Å²) in [5.74, 6) is -0.312. The summed E-state index contributed by atoms with van der Waals surface area (Å²) in [4.78, 5) is 10.8. The summed E-state index contributed by atoms with van der Waals surface area (Å²) in [7, 11) is -0.111. The Morgan fingerprint density at radius 1 is 1.00 bits per heavy atom. The molecular weight excluding hydrogens is 468 g/mol. The molecule has 0 heterocycles. The number of hydrogen-bond donors (Lipinski definition) is 0. The molecule has 20 heavy (non-hydrogen) atoms. The summed E-state index contributed by atoms with van der Waals surface area (Å²) >= 11 is 10.7. The van der Waals surface area contributed by atoms with Crippen LogP contribution in [0.15, 0.2) is 12.7 Å². The fourth-order valence-electron chi connectivity index (χ4n) is 1.90. The van der Waals surface area contributed by atoms with Crippen LogP contribution in [-0.2, 0) is 9.53 Å². The van der Waals surface area contributed by atoms with Crippen molar-refractivity contribution in [2.24, 2.45) is 0 Å². The Kier molecular flexibility index (Phi) is 14.1. The van der Waals surface area contributed by atoms with E-state index < -0.39 is 0 Å². The molecule has 0 aromatic rings. The summed E-state index contributed by atoms with van der Waals surface area (Å²) in [6.07, 6.45) is 11.3. The Morgan fingerprint density at radius 2 is 1.50 bits per heavy atom. The summed E-state index contributed by atoms with van der Waals surface area (Å²) in [5, 5.41) is 0. The SMILES string of the molecule is C=CC(=O)OCCCCCCCCCC[SiH2]C(Br)(Br)Br. The van der Waals surface area contributed by atoms with Crippen molar-refractivity contribution in [1.29, 1.82) is 0 Å². The normalized spacial score (nSPS) is 11.9. The summed E-state index contributed by atoms with van der Waals surface area (Å²) in [5.41, 5.74) is 0. The maximum atomic E-state index is 10.8. The van der Waals surface area contributed by atoms with Gasteiger partial charge in [0.25, 0.3) is 0 Å². The first kappa shape index (κ1) is 20.9. The van der Waals surface area contributed by atoms with Crippen LogP contribution in [-0.4, -0.2) is 23.9 Å². The maximum Gasteiger partial charge on any atom is 0.330 e. The van der Waals surface area contributed by atoms with Crippen molar-refractivity contribution in [2.45, 2.75) is 59.2 Å². The first-order chi connectivity index (χ1) is 9.45. The molecule has 0 bridgehead atoms. The third-order valence-electron chi connectivity index (χ3n) is 3.02. The number of esters is 1. The first-order valence-corrected chi connectivity index (χ1v) is 11.4. The van der Waals surface area contributed by atoms with Gasteiger partial charge >= 0.3 is 5.97 Å². The molecule has 0 rings (SSSR count). The first-order valence-electron chi connectivity index (χ1n) is 7.31. The maximum absolute atomic E-state index is 10.8. The largest absolute Gasteiger partial charge is 0.463 e. The van der Waals surface area contributed by atoms with E-state index in [1.54, 1.807) is 0 Å². The number of carbonyl (C=O) groups is 1. The molecule has 0 unspecified atom stereocenters. The smallest absolute Gasteiger partial charge is 0.330 e. The van der Waals surface area contributed by atoms with Crippen LogP contribution in [0.5, 0.6) is 0 Å². The van der Waals surface area contributed by atoms with E-state index in [1.165, 1.54) is 50.6 Å². The molecule has 2 nitrogen and oxygen atoms in total. The van der Waals surface area contributed by atoms with Gasteiger partial charge in [0.1, 0.15) is 1.77 Å². The van der Waals surface area contributed by atoms with Crippen molar-refractivity contribution < 1.29 is 9.53 Å². The highest BCUT2D eigenvalue weighted by Gasteiger charge is 2.16. The molecule has 118 valence electrons. The molecule has 0 aliphatic rings. The lowest BCUT2D eigenvalue weighted by Crippen LogP contribution is -2.10. The van der Waals surface area contributed by atoms with Crippen molar-refractivity contribution in [3.8, 4) is 0 Å². The van der Waals surface area contributed by atoms with Crippen LogP contribution in [0.3, 0.4) is 0 Å². The van der Waals surface area contributed by atoms with Crippen molar-refractivity contribution in [2.75, 3.05) is 6.61 Å². The van der Waals surface area contributed by atoms with Gasteiger partial charge in [0.05, 0.1) is 16.1 Å². The summed E-state index contributed by atoms with van der Waals surface area (Å²) in [6, 6.07) is 1.37. The molecule has 6 heteroatoms. The van der Waals surface area contributed by atoms with Gasteiger partial charge in [-0.05, 0) is 6.42 Å². The van der Waals surface area contributed by atoms with Gasteiger partial charge in [-0.3, -0.25) is 0 Å². The van der Waals surface area contributed by atoms with E-state index in [-0.39, 0.29) is 17.3 Å². The molecule has 0 aliphatic carbocycles. The highest BCUT2D eigenvalue weighted by atomic mass is 80.0. The number of hydrogen-bond acceptors (Lipinski definition) is 2. The number of rotatable bonds is 12. The number of unbranched alkanes of at least 4 members (excludes halogenated alkanes) is 7. The molecule has 0 aliphatic heterocycles. The van der Waals surface area contributed by atoms with E-state index >= 15 is 0 Å². The zero-order valence-electron chi connectivity index (χ0n) is 12.0. The average molecular weight is 493 g/mol. The van der Waals surface area contributed by atoms with Gasteiger partial charge in [0.15, 0.2) is 0 Å². The van der Waals surface area contributed by atoms with Gasteiger partial charge in [-0.1, -0.05) is 105 Å². The molecule has 0 fully saturated rings. The Hall–Kier alpha value is 0.867. The van der Waals surface area contributed by atoms with Crippen molar-refractivity contribution in [3.05, 3.63) is 12.7 Å². The Bertz CT molecular complexity index is 268. The van der Waals surface area contributed by atoms with E-state index in [1.807, 2.05) is 0 Å². The lowest BCUT2D eigenvalue weighted by atomic mass is 10.1. The second-order valence-electron chi connectivity index (χ2n) is 4.92. The number of ether oxygens (including phenoxy) is 1. The third kappa shape index (κ3) is 16.9. The highest BCUT2D eigenvalue weighted by Crippen LogP contribution is 2.33. The molecular formula is C14H25Br3O2Si. The van der Waals surface area contributed by atoms with E-state index in [9.17, 15) is 4.79 Å². The molecule has 0 saturated carbocycles. The lowest BCUT2D eigenvalue weighted by Gasteiger charge is -2.10. The Labute approximate surface area is 150 Å². The molecule has 0 N–H and O–H groups in total. The second-order valence-corrected chi connectivity index (χ2v) is 17.5. The fourth-order valence-corrected chi connectivity index (χ4v) is 5.42. The predicted octanol–water partition coefficient (Wildman–Crippen LogP) is 5.22. The van der Waals surface area contributed by atoms with E-state index in [0.717, 1.165) is 12.8 Å².